The van der Waals surface area contributed by atoms with Gasteiger partial charge in [0.25, 0.3) is 0 Å². The Labute approximate surface area is 134 Å². The number of hydrogen-bond donors (Lipinski definition) is 1. The van der Waals surface area contributed by atoms with Gasteiger partial charge in [-0.05, 0) is 45.4 Å². The number of rotatable bonds is 5. The minimum Gasteiger partial charge on any atom is -0.462 e. The predicted molar refractivity (Wildman–Crippen MR) is 83.7 cm³/mol. The highest BCUT2D eigenvalue weighted by Gasteiger charge is 2.56. The van der Waals surface area contributed by atoms with Crippen molar-refractivity contribution in [3.63, 3.8) is 0 Å². The van der Waals surface area contributed by atoms with Crippen molar-refractivity contribution >= 4 is 23.2 Å². The average Bonchev–Trinajstić information content (AvgIpc) is 2.83. The summed E-state index contributed by atoms with van der Waals surface area (Å²) in [5.74, 6) is 1.24. The van der Waals surface area contributed by atoms with Gasteiger partial charge in [0.15, 0.2) is 0 Å². The molecule has 0 radical (unpaired) electrons. The van der Waals surface area contributed by atoms with Crippen molar-refractivity contribution in [3.8, 4) is 0 Å². The Morgan fingerprint density at radius 3 is 2.73 bits per heavy atom. The molecule has 2 aliphatic carbocycles. The van der Waals surface area contributed by atoms with Crippen LogP contribution in [0.25, 0.3) is 0 Å². The Morgan fingerprint density at radius 1 is 1.41 bits per heavy atom. The van der Waals surface area contributed by atoms with Crippen LogP contribution in [0, 0.1) is 24.7 Å². The number of fused-ring (bicyclic) bond motifs is 1. The van der Waals surface area contributed by atoms with E-state index >= 15 is 0 Å². The van der Waals surface area contributed by atoms with E-state index in [4.69, 9.17) is 4.74 Å². The van der Waals surface area contributed by atoms with E-state index in [1.165, 1.54) is 30.6 Å². The lowest BCUT2D eigenvalue weighted by Gasteiger charge is -2.12. The first-order chi connectivity index (χ1) is 10.5. The number of ether oxygens (including phenoxy) is 1. The molecule has 1 aromatic rings. The standard InChI is InChI=1S/C16H22N2O3S/c1-4-21-16(20)13-8(2)18-15(22-13)9(3)17-14(19)12-10-6-5-7-11(10)12/h9-12H,4-7H2,1-3H3,(H,17,19)/t9-,10+,11+/m0/s1. The van der Waals surface area contributed by atoms with Crippen molar-refractivity contribution in [2.45, 2.75) is 46.1 Å². The number of aryl methyl sites for hydroxylation is 1. The SMILES string of the molecule is CCOC(=O)c1sc([C@H](C)NC(=O)C2[C@@H]3CCC[C@@H]23)nc1C. The smallest absolute Gasteiger partial charge is 0.350 e. The molecule has 1 heterocycles. The molecule has 120 valence electrons. The van der Waals surface area contributed by atoms with Gasteiger partial charge in [-0.1, -0.05) is 6.42 Å². The molecule has 2 saturated carbocycles. The Hall–Kier alpha value is -1.43. The maximum absolute atomic E-state index is 12.3. The molecule has 1 N–H and O–H groups in total. The maximum atomic E-state index is 12.3. The van der Waals surface area contributed by atoms with E-state index in [2.05, 4.69) is 10.3 Å². The number of hydrogen-bond acceptors (Lipinski definition) is 5. The molecular formula is C16H22N2O3S. The van der Waals surface area contributed by atoms with Crippen molar-refractivity contribution in [2.75, 3.05) is 6.61 Å². The molecule has 3 rings (SSSR count). The number of esters is 1. The number of carbonyl (C=O) groups is 2. The number of aromatic nitrogens is 1. The van der Waals surface area contributed by atoms with Gasteiger partial charge in [-0.3, -0.25) is 4.79 Å². The summed E-state index contributed by atoms with van der Waals surface area (Å²) < 4.78 is 5.03. The third kappa shape index (κ3) is 2.76. The zero-order valence-corrected chi connectivity index (χ0v) is 14.0. The Bertz CT molecular complexity index is 588. The number of thiazole rings is 1. The number of amides is 1. The zero-order valence-electron chi connectivity index (χ0n) is 13.2. The molecule has 3 atom stereocenters. The highest BCUT2D eigenvalue weighted by molar-refractivity contribution is 7.13. The topological polar surface area (TPSA) is 68.3 Å². The van der Waals surface area contributed by atoms with Crippen LogP contribution in [-0.2, 0) is 9.53 Å². The summed E-state index contributed by atoms with van der Waals surface area (Å²) >= 11 is 1.31. The molecule has 0 aromatic carbocycles. The first-order valence-electron chi connectivity index (χ1n) is 7.97. The molecule has 2 fully saturated rings. The summed E-state index contributed by atoms with van der Waals surface area (Å²) in [6, 6.07) is -0.166. The molecule has 22 heavy (non-hydrogen) atoms. The third-order valence-corrected chi connectivity index (χ3v) is 6.03. The highest BCUT2D eigenvalue weighted by atomic mass is 32.1. The van der Waals surface area contributed by atoms with E-state index in [0.29, 0.717) is 29.0 Å². The summed E-state index contributed by atoms with van der Waals surface area (Å²) in [5.41, 5.74) is 0.669. The van der Waals surface area contributed by atoms with Crippen molar-refractivity contribution in [1.29, 1.82) is 0 Å². The molecule has 1 aromatic heterocycles. The molecule has 0 unspecified atom stereocenters. The van der Waals surface area contributed by atoms with Crippen LogP contribution in [0.1, 0.15) is 59.5 Å². The molecular weight excluding hydrogens is 300 g/mol. The minimum absolute atomic E-state index is 0.146. The molecule has 0 bridgehead atoms. The molecule has 1 amide bonds. The average molecular weight is 322 g/mol. The van der Waals surface area contributed by atoms with E-state index in [1.54, 1.807) is 13.8 Å². The second-order valence-corrected chi connectivity index (χ2v) is 7.23. The zero-order chi connectivity index (χ0) is 15.9. The monoisotopic (exact) mass is 322 g/mol. The highest BCUT2D eigenvalue weighted by Crippen LogP contribution is 2.57. The van der Waals surface area contributed by atoms with Gasteiger partial charge in [-0.15, -0.1) is 11.3 Å². The molecule has 0 aliphatic heterocycles. The summed E-state index contributed by atoms with van der Waals surface area (Å²) in [6.45, 7) is 5.85. The second-order valence-electron chi connectivity index (χ2n) is 6.20. The van der Waals surface area contributed by atoms with Crippen LogP contribution in [0.4, 0.5) is 0 Å². The fourth-order valence-corrected chi connectivity index (χ4v) is 4.53. The first-order valence-corrected chi connectivity index (χ1v) is 8.79. The van der Waals surface area contributed by atoms with E-state index < -0.39 is 0 Å². The van der Waals surface area contributed by atoms with Crippen LogP contribution in [0.5, 0.6) is 0 Å². The summed E-state index contributed by atoms with van der Waals surface area (Å²) in [4.78, 5) is 29.1. The Morgan fingerprint density at radius 2 is 2.09 bits per heavy atom. The lowest BCUT2D eigenvalue weighted by Crippen LogP contribution is -2.29. The van der Waals surface area contributed by atoms with Crippen LogP contribution >= 0.6 is 11.3 Å². The fourth-order valence-electron chi connectivity index (χ4n) is 3.57. The number of nitrogens with zero attached hydrogens (tertiary/aromatic N) is 1. The van der Waals surface area contributed by atoms with Gasteiger partial charge >= 0.3 is 5.97 Å². The molecule has 6 heteroatoms. The van der Waals surface area contributed by atoms with Gasteiger partial charge in [-0.2, -0.15) is 0 Å². The van der Waals surface area contributed by atoms with Gasteiger partial charge in [0.05, 0.1) is 18.3 Å². The number of nitrogens with one attached hydrogen (secondary N) is 1. The Kier molecular flexibility index (Phi) is 4.21. The van der Waals surface area contributed by atoms with Crippen LogP contribution in [0.3, 0.4) is 0 Å². The van der Waals surface area contributed by atoms with Gasteiger partial charge in [0.2, 0.25) is 5.91 Å². The third-order valence-electron chi connectivity index (χ3n) is 4.71. The predicted octanol–water partition coefficient (Wildman–Crippen LogP) is 2.85. The van der Waals surface area contributed by atoms with Crippen LogP contribution in [0.15, 0.2) is 0 Å². The first kappa shape index (κ1) is 15.5. The van der Waals surface area contributed by atoms with Crippen molar-refractivity contribution in [3.05, 3.63) is 15.6 Å². The van der Waals surface area contributed by atoms with Crippen LogP contribution < -0.4 is 5.32 Å². The van der Waals surface area contributed by atoms with Crippen LogP contribution in [-0.4, -0.2) is 23.5 Å². The summed E-state index contributed by atoms with van der Waals surface area (Å²) in [5, 5.41) is 3.82. The largest absolute Gasteiger partial charge is 0.462 e. The quantitative estimate of drug-likeness (QED) is 0.846. The normalized spacial score (nSPS) is 27.1. The number of carbonyl (C=O) groups excluding carboxylic acids is 2. The fraction of sp³-hybridized carbons (Fsp3) is 0.688. The maximum Gasteiger partial charge on any atom is 0.350 e. The Balaban J connectivity index is 1.62. The van der Waals surface area contributed by atoms with Gasteiger partial charge < -0.3 is 10.1 Å². The van der Waals surface area contributed by atoms with Gasteiger partial charge in [0, 0.05) is 5.92 Å². The lowest BCUT2D eigenvalue weighted by atomic mass is 10.1. The van der Waals surface area contributed by atoms with E-state index in [0.717, 1.165) is 5.01 Å². The van der Waals surface area contributed by atoms with E-state index in [-0.39, 0.29) is 23.8 Å². The molecule has 5 nitrogen and oxygen atoms in total. The van der Waals surface area contributed by atoms with Crippen molar-refractivity contribution in [1.82, 2.24) is 10.3 Å². The minimum atomic E-state index is -0.334. The lowest BCUT2D eigenvalue weighted by molar-refractivity contribution is -0.123. The van der Waals surface area contributed by atoms with E-state index in [1.807, 2.05) is 6.92 Å². The summed E-state index contributed by atoms with van der Waals surface area (Å²) in [6.07, 6.45) is 3.66. The van der Waals surface area contributed by atoms with Gasteiger partial charge in [0.1, 0.15) is 9.88 Å². The van der Waals surface area contributed by atoms with Crippen LogP contribution in [0.2, 0.25) is 0 Å². The second kappa shape index (κ2) is 5.99. The molecule has 2 aliphatic rings. The van der Waals surface area contributed by atoms with Crippen molar-refractivity contribution < 1.29 is 14.3 Å². The molecule has 0 saturated heterocycles. The summed E-state index contributed by atoms with van der Waals surface area (Å²) in [7, 11) is 0. The van der Waals surface area contributed by atoms with Gasteiger partial charge in [-0.25, -0.2) is 9.78 Å². The van der Waals surface area contributed by atoms with Crippen molar-refractivity contribution in [2.24, 2.45) is 17.8 Å². The molecule has 0 spiro atoms. The van der Waals surface area contributed by atoms with E-state index in [9.17, 15) is 9.59 Å².